The zero-order valence-corrected chi connectivity index (χ0v) is 11.8. The molecule has 0 spiro atoms. The molecule has 2 rings (SSSR count). The third-order valence-electron chi connectivity index (χ3n) is 4.02. The second-order valence-electron chi connectivity index (χ2n) is 5.66. The Morgan fingerprint density at radius 3 is 2.89 bits per heavy atom. The highest BCUT2D eigenvalue weighted by Gasteiger charge is 2.24. The average Bonchev–Trinajstić information content (AvgIpc) is 2.75. The van der Waals surface area contributed by atoms with Crippen molar-refractivity contribution in [2.24, 2.45) is 11.7 Å². The van der Waals surface area contributed by atoms with Crippen LogP contribution in [-0.4, -0.2) is 50.1 Å². The van der Waals surface area contributed by atoms with Crippen LogP contribution in [0.15, 0.2) is 24.3 Å². The maximum absolute atomic E-state index is 13.3. The third kappa shape index (κ3) is 3.75. The number of rotatable bonds is 5. The van der Waals surface area contributed by atoms with Gasteiger partial charge in [-0.2, -0.15) is 0 Å². The molecule has 1 aliphatic rings. The lowest BCUT2D eigenvalue weighted by Crippen LogP contribution is -2.35. The van der Waals surface area contributed by atoms with E-state index in [1.165, 1.54) is 19.0 Å². The van der Waals surface area contributed by atoms with Crippen molar-refractivity contribution in [1.29, 1.82) is 0 Å². The summed E-state index contributed by atoms with van der Waals surface area (Å²) in [6.07, 6.45) is 1.24. The van der Waals surface area contributed by atoms with Crippen LogP contribution in [0.3, 0.4) is 0 Å². The Hall–Kier alpha value is -0.970. The highest BCUT2D eigenvalue weighted by molar-refractivity contribution is 5.20. The largest absolute Gasteiger partial charge is 0.329 e. The SMILES string of the molecule is CN1CCC(CN(C)C(CN)c2cccc(F)c2)C1. The molecule has 1 aliphatic heterocycles. The molecule has 19 heavy (non-hydrogen) atoms. The van der Waals surface area contributed by atoms with Crippen molar-refractivity contribution in [2.45, 2.75) is 12.5 Å². The van der Waals surface area contributed by atoms with Crippen molar-refractivity contribution in [3.63, 3.8) is 0 Å². The summed E-state index contributed by atoms with van der Waals surface area (Å²) in [7, 11) is 4.24. The molecule has 1 saturated heterocycles. The molecule has 106 valence electrons. The van der Waals surface area contributed by atoms with Gasteiger partial charge in [0.25, 0.3) is 0 Å². The number of likely N-dealkylation sites (N-methyl/N-ethyl adjacent to an activating group) is 1. The quantitative estimate of drug-likeness (QED) is 0.879. The van der Waals surface area contributed by atoms with Gasteiger partial charge in [-0.1, -0.05) is 12.1 Å². The summed E-state index contributed by atoms with van der Waals surface area (Å²) in [6.45, 7) is 3.85. The van der Waals surface area contributed by atoms with Crippen molar-refractivity contribution < 1.29 is 4.39 Å². The molecule has 1 heterocycles. The van der Waals surface area contributed by atoms with Crippen LogP contribution in [0.25, 0.3) is 0 Å². The predicted molar refractivity (Wildman–Crippen MR) is 76.4 cm³/mol. The lowest BCUT2D eigenvalue weighted by molar-refractivity contribution is 0.211. The smallest absolute Gasteiger partial charge is 0.123 e. The molecule has 0 saturated carbocycles. The van der Waals surface area contributed by atoms with Crippen LogP contribution in [0.5, 0.6) is 0 Å². The van der Waals surface area contributed by atoms with Crippen LogP contribution < -0.4 is 5.73 Å². The van der Waals surface area contributed by atoms with E-state index in [1.807, 2.05) is 6.07 Å². The maximum atomic E-state index is 13.3. The van der Waals surface area contributed by atoms with Crippen molar-refractivity contribution in [1.82, 2.24) is 9.80 Å². The standard InChI is InChI=1S/C15H24FN3/c1-18-7-6-12(10-18)11-19(2)15(9-17)13-4-3-5-14(16)8-13/h3-5,8,12,15H,6-7,9-11,17H2,1-2H3. The van der Waals surface area contributed by atoms with Gasteiger partial charge < -0.3 is 10.6 Å². The van der Waals surface area contributed by atoms with Crippen LogP contribution in [0, 0.1) is 11.7 Å². The van der Waals surface area contributed by atoms with Gasteiger partial charge in [-0.3, -0.25) is 4.90 Å². The zero-order valence-electron chi connectivity index (χ0n) is 11.8. The second-order valence-corrected chi connectivity index (χ2v) is 5.66. The molecule has 2 N–H and O–H groups in total. The Labute approximate surface area is 115 Å². The number of likely N-dealkylation sites (tertiary alicyclic amines) is 1. The fraction of sp³-hybridized carbons (Fsp3) is 0.600. The number of hydrogen-bond acceptors (Lipinski definition) is 3. The summed E-state index contributed by atoms with van der Waals surface area (Å²) in [5.41, 5.74) is 6.85. The van der Waals surface area contributed by atoms with Gasteiger partial charge in [0.15, 0.2) is 0 Å². The van der Waals surface area contributed by atoms with E-state index in [-0.39, 0.29) is 11.9 Å². The summed E-state index contributed by atoms with van der Waals surface area (Å²) >= 11 is 0. The Balaban J connectivity index is 2.00. The van der Waals surface area contributed by atoms with E-state index in [0.29, 0.717) is 12.5 Å². The molecule has 0 amide bonds. The highest BCUT2D eigenvalue weighted by atomic mass is 19.1. The van der Waals surface area contributed by atoms with Crippen LogP contribution >= 0.6 is 0 Å². The van der Waals surface area contributed by atoms with E-state index in [0.717, 1.165) is 18.7 Å². The summed E-state index contributed by atoms with van der Waals surface area (Å²) in [4.78, 5) is 4.62. The normalized spacial score (nSPS) is 22.1. The van der Waals surface area contributed by atoms with E-state index >= 15 is 0 Å². The first-order valence-electron chi connectivity index (χ1n) is 6.94. The molecule has 2 atom stereocenters. The molecule has 0 aromatic heterocycles. The van der Waals surface area contributed by atoms with Crippen molar-refractivity contribution >= 4 is 0 Å². The van der Waals surface area contributed by atoms with Gasteiger partial charge in [-0.25, -0.2) is 4.39 Å². The first-order chi connectivity index (χ1) is 9.10. The van der Waals surface area contributed by atoms with Crippen LogP contribution in [0.4, 0.5) is 4.39 Å². The number of halogens is 1. The number of nitrogens with two attached hydrogens (primary N) is 1. The van der Waals surface area contributed by atoms with Crippen LogP contribution in [-0.2, 0) is 0 Å². The summed E-state index contributed by atoms with van der Waals surface area (Å²) < 4.78 is 13.3. The Bertz CT molecular complexity index is 410. The van der Waals surface area contributed by atoms with Crippen LogP contribution in [0.2, 0.25) is 0 Å². The molecule has 1 aromatic carbocycles. The minimum absolute atomic E-state index is 0.0987. The first kappa shape index (κ1) is 14.4. The number of nitrogens with zero attached hydrogens (tertiary/aromatic N) is 2. The van der Waals surface area contributed by atoms with E-state index in [4.69, 9.17) is 5.73 Å². The van der Waals surface area contributed by atoms with E-state index in [2.05, 4.69) is 23.9 Å². The molecule has 2 unspecified atom stereocenters. The molecule has 1 aromatic rings. The number of hydrogen-bond donors (Lipinski definition) is 1. The fourth-order valence-electron chi connectivity index (χ4n) is 2.99. The minimum Gasteiger partial charge on any atom is -0.329 e. The summed E-state index contributed by atoms with van der Waals surface area (Å²) in [5, 5.41) is 0. The number of benzene rings is 1. The van der Waals surface area contributed by atoms with E-state index in [1.54, 1.807) is 12.1 Å². The molecule has 3 nitrogen and oxygen atoms in total. The summed E-state index contributed by atoms with van der Waals surface area (Å²) in [5.74, 6) is 0.502. The van der Waals surface area contributed by atoms with Gasteiger partial charge in [0.2, 0.25) is 0 Å². The maximum Gasteiger partial charge on any atom is 0.123 e. The molecular formula is C15H24FN3. The fourth-order valence-corrected chi connectivity index (χ4v) is 2.99. The van der Waals surface area contributed by atoms with Gasteiger partial charge in [-0.05, 0) is 50.7 Å². The third-order valence-corrected chi connectivity index (χ3v) is 4.02. The van der Waals surface area contributed by atoms with Gasteiger partial charge in [0.05, 0.1) is 0 Å². The average molecular weight is 265 g/mol. The molecular weight excluding hydrogens is 241 g/mol. The zero-order chi connectivity index (χ0) is 13.8. The molecule has 0 radical (unpaired) electrons. The lowest BCUT2D eigenvalue weighted by atomic mass is 10.0. The summed E-state index contributed by atoms with van der Waals surface area (Å²) in [6, 6.07) is 6.88. The Morgan fingerprint density at radius 2 is 2.32 bits per heavy atom. The van der Waals surface area contributed by atoms with E-state index in [9.17, 15) is 4.39 Å². The van der Waals surface area contributed by atoms with Crippen LogP contribution in [0.1, 0.15) is 18.0 Å². The molecule has 1 fully saturated rings. The second kappa shape index (κ2) is 6.46. The molecule has 4 heteroatoms. The Morgan fingerprint density at radius 1 is 1.53 bits per heavy atom. The van der Waals surface area contributed by atoms with Crippen molar-refractivity contribution in [2.75, 3.05) is 40.3 Å². The Kier molecular flexibility index (Phi) is 4.91. The van der Waals surface area contributed by atoms with Gasteiger partial charge in [-0.15, -0.1) is 0 Å². The topological polar surface area (TPSA) is 32.5 Å². The monoisotopic (exact) mass is 265 g/mol. The van der Waals surface area contributed by atoms with Crippen molar-refractivity contribution in [3.05, 3.63) is 35.6 Å². The lowest BCUT2D eigenvalue weighted by Gasteiger charge is -2.29. The van der Waals surface area contributed by atoms with Gasteiger partial charge >= 0.3 is 0 Å². The highest BCUT2D eigenvalue weighted by Crippen LogP contribution is 2.23. The van der Waals surface area contributed by atoms with Crippen molar-refractivity contribution in [3.8, 4) is 0 Å². The van der Waals surface area contributed by atoms with Gasteiger partial charge in [0.1, 0.15) is 5.82 Å². The molecule has 0 bridgehead atoms. The predicted octanol–water partition coefficient (Wildman–Crippen LogP) is 1.71. The molecule has 0 aliphatic carbocycles. The minimum atomic E-state index is -0.190. The van der Waals surface area contributed by atoms with E-state index < -0.39 is 0 Å². The van der Waals surface area contributed by atoms with Gasteiger partial charge in [0, 0.05) is 25.7 Å². The first-order valence-corrected chi connectivity index (χ1v) is 6.94.